The summed E-state index contributed by atoms with van der Waals surface area (Å²) in [5, 5.41) is 3.83. The summed E-state index contributed by atoms with van der Waals surface area (Å²) >= 11 is 0. The van der Waals surface area contributed by atoms with Crippen LogP contribution in [0.25, 0.3) is 11.4 Å². The van der Waals surface area contributed by atoms with Gasteiger partial charge < -0.3 is 4.52 Å². The molecule has 1 atom stereocenters. The third-order valence-electron chi connectivity index (χ3n) is 5.74. The Morgan fingerprint density at radius 2 is 1.88 bits per heavy atom. The molecule has 0 amide bonds. The van der Waals surface area contributed by atoms with Crippen LogP contribution in [-0.2, 0) is 16.2 Å². The standard InChI is InChI=1S/C22H22F3N3O3S/c1-14-8-9-19(11-15(14)2)32(29,30)28-10-4-6-17(13-28)21-26-20(27-31-21)16-5-3-7-18(12-16)22(23,24)25/h3,5,7-9,11-12,17H,4,6,10,13H2,1-2H3/t17-/m1/s1. The zero-order valence-electron chi connectivity index (χ0n) is 17.6. The van der Waals surface area contributed by atoms with Gasteiger partial charge in [-0.05, 0) is 62.1 Å². The Balaban J connectivity index is 1.56. The maximum Gasteiger partial charge on any atom is 0.416 e. The van der Waals surface area contributed by atoms with Crippen LogP contribution >= 0.6 is 0 Å². The molecule has 2 aromatic carbocycles. The summed E-state index contributed by atoms with van der Waals surface area (Å²) in [6, 6.07) is 9.73. The second-order valence-electron chi connectivity index (χ2n) is 7.98. The molecule has 0 spiro atoms. The van der Waals surface area contributed by atoms with Crippen molar-refractivity contribution in [3.63, 3.8) is 0 Å². The second kappa shape index (κ2) is 8.32. The molecule has 0 unspecified atom stereocenters. The van der Waals surface area contributed by atoms with Gasteiger partial charge in [0, 0.05) is 18.7 Å². The van der Waals surface area contributed by atoms with Crippen molar-refractivity contribution in [3.05, 3.63) is 65.0 Å². The summed E-state index contributed by atoms with van der Waals surface area (Å²) < 4.78 is 72.0. The summed E-state index contributed by atoms with van der Waals surface area (Å²) in [4.78, 5) is 4.51. The summed E-state index contributed by atoms with van der Waals surface area (Å²) in [6.45, 7) is 4.32. The lowest BCUT2D eigenvalue weighted by atomic mass is 10.00. The topological polar surface area (TPSA) is 76.3 Å². The van der Waals surface area contributed by atoms with E-state index >= 15 is 0 Å². The summed E-state index contributed by atoms with van der Waals surface area (Å²) in [5.41, 5.74) is 1.28. The number of benzene rings is 2. The largest absolute Gasteiger partial charge is 0.416 e. The minimum atomic E-state index is -4.48. The van der Waals surface area contributed by atoms with Crippen molar-refractivity contribution in [3.8, 4) is 11.4 Å². The van der Waals surface area contributed by atoms with E-state index in [1.54, 1.807) is 18.2 Å². The van der Waals surface area contributed by atoms with Crippen LogP contribution in [-0.4, -0.2) is 36.0 Å². The van der Waals surface area contributed by atoms with Crippen LogP contribution in [0.15, 0.2) is 51.9 Å². The van der Waals surface area contributed by atoms with E-state index in [1.807, 2.05) is 13.8 Å². The van der Waals surface area contributed by atoms with Crippen LogP contribution in [0.3, 0.4) is 0 Å². The van der Waals surface area contributed by atoms with Gasteiger partial charge >= 0.3 is 6.18 Å². The molecule has 0 radical (unpaired) electrons. The van der Waals surface area contributed by atoms with Crippen LogP contribution in [0.5, 0.6) is 0 Å². The fourth-order valence-electron chi connectivity index (χ4n) is 3.74. The number of aryl methyl sites for hydroxylation is 2. The van der Waals surface area contributed by atoms with Gasteiger partial charge in [0.25, 0.3) is 0 Å². The monoisotopic (exact) mass is 465 g/mol. The Morgan fingerprint density at radius 1 is 1.09 bits per heavy atom. The van der Waals surface area contributed by atoms with Crippen LogP contribution < -0.4 is 0 Å². The van der Waals surface area contributed by atoms with E-state index < -0.39 is 21.8 Å². The molecule has 1 aliphatic rings. The van der Waals surface area contributed by atoms with Crippen molar-refractivity contribution < 1.29 is 26.1 Å². The quantitative estimate of drug-likeness (QED) is 0.546. The lowest BCUT2D eigenvalue weighted by Crippen LogP contribution is -2.39. The number of hydrogen-bond donors (Lipinski definition) is 0. The average Bonchev–Trinajstić information content (AvgIpc) is 3.26. The molecule has 1 aromatic heterocycles. The number of alkyl halides is 3. The zero-order valence-corrected chi connectivity index (χ0v) is 18.4. The normalized spacial score (nSPS) is 18.1. The van der Waals surface area contributed by atoms with Crippen LogP contribution in [0.1, 0.15) is 41.3 Å². The highest BCUT2D eigenvalue weighted by atomic mass is 32.2. The number of piperidine rings is 1. The molecule has 3 aromatic rings. The van der Waals surface area contributed by atoms with E-state index in [1.165, 1.54) is 16.4 Å². The first-order chi connectivity index (χ1) is 15.1. The SMILES string of the molecule is Cc1ccc(S(=O)(=O)N2CCC[C@@H](c3nc(-c4cccc(C(F)(F)F)c4)no3)C2)cc1C. The zero-order chi connectivity index (χ0) is 23.1. The first-order valence-electron chi connectivity index (χ1n) is 10.1. The van der Waals surface area contributed by atoms with Crippen molar-refractivity contribution in [1.82, 2.24) is 14.4 Å². The van der Waals surface area contributed by atoms with Gasteiger partial charge in [-0.25, -0.2) is 8.42 Å². The smallest absolute Gasteiger partial charge is 0.339 e. The summed E-state index contributed by atoms with van der Waals surface area (Å²) in [7, 11) is -3.69. The molecule has 10 heteroatoms. The van der Waals surface area contributed by atoms with E-state index in [0.29, 0.717) is 19.4 Å². The fourth-order valence-corrected chi connectivity index (χ4v) is 5.35. The maximum absolute atomic E-state index is 13.1. The van der Waals surface area contributed by atoms with Crippen LogP contribution in [0.4, 0.5) is 13.2 Å². The molecule has 4 rings (SSSR count). The Labute approximate surface area is 184 Å². The van der Waals surface area contributed by atoms with Gasteiger partial charge in [-0.3, -0.25) is 0 Å². The molecule has 32 heavy (non-hydrogen) atoms. The molecule has 0 aliphatic carbocycles. The van der Waals surface area contributed by atoms with Crippen molar-refractivity contribution in [2.24, 2.45) is 0 Å². The molecule has 1 aliphatic heterocycles. The van der Waals surface area contributed by atoms with Crippen molar-refractivity contribution in [2.75, 3.05) is 13.1 Å². The second-order valence-corrected chi connectivity index (χ2v) is 9.92. The molecule has 0 saturated carbocycles. The molecule has 1 fully saturated rings. The van der Waals surface area contributed by atoms with Gasteiger partial charge in [0.05, 0.1) is 16.4 Å². The highest BCUT2D eigenvalue weighted by molar-refractivity contribution is 7.89. The Morgan fingerprint density at radius 3 is 2.59 bits per heavy atom. The van der Waals surface area contributed by atoms with E-state index in [4.69, 9.17) is 4.52 Å². The third-order valence-corrected chi connectivity index (χ3v) is 7.60. The van der Waals surface area contributed by atoms with E-state index in [0.717, 1.165) is 23.3 Å². The minimum absolute atomic E-state index is 0.0419. The lowest BCUT2D eigenvalue weighted by Gasteiger charge is -2.30. The third kappa shape index (κ3) is 4.42. The number of hydrogen-bond acceptors (Lipinski definition) is 5. The molecule has 1 saturated heterocycles. The molecule has 6 nitrogen and oxygen atoms in total. The first-order valence-corrected chi connectivity index (χ1v) is 11.6. The number of nitrogens with zero attached hydrogens (tertiary/aromatic N) is 3. The highest BCUT2D eigenvalue weighted by Gasteiger charge is 2.34. The molecular formula is C22H22F3N3O3S. The Hall–Kier alpha value is -2.72. The number of sulfonamides is 1. The number of rotatable bonds is 4. The summed E-state index contributed by atoms with van der Waals surface area (Å²) in [6.07, 6.45) is -3.23. The van der Waals surface area contributed by atoms with Gasteiger partial charge in [0.2, 0.25) is 21.7 Å². The Kier molecular flexibility index (Phi) is 5.85. The maximum atomic E-state index is 13.1. The Bertz CT molecular complexity index is 1240. The van der Waals surface area contributed by atoms with Gasteiger partial charge in [-0.2, -0.15) is 22.5 Å². The van der Waals surface area contributed by atoms with Crippen LogP contribution in [0.2, 0.25) is 0 Å². The van der Waals surface area contributed by atoms with Gasteiger partial charge in [0.15, 0.2) is 0 Å². The molecule has 0 N–H and O–H groups in total. The molecule has 0 bridgehead atoms. The highest BCUT2D eigenvalue weighted by Crippen LogP contribution is 2.33. The van der Waals surface area contributed by atoms with E-state index in [2.05, 4.69) is 10.1 Å². The molecular weight excluding hydrogens is 443 g/mol. The predicted octanol–water partition coefficient (Wildman–Crippen LogP) is 4.94. The van der Waals surface area contributed by atoms with E-state index in [-0.39, 0.29) is 34.6 Å². The predicted molar refractivity (Wildman–Crippen MR) is 111 cm³/mol. The van der Waals surface area contributed by atoms with Crippen molar-refractivity contribution >= 4 is 10.0 Å². The van der Waals surface area contributed by atoms with Crippen molar-refractivity contribution in [1.29, 1.82) is 0 Å². The minimum Gasteiger partial charge on any atom is -0.339 e. The average molecular weight is 465 g/mol. The van der Waals surface area contributed by atoms with Gasteiger partial charge in [-0.1, -0.05) is 23.4 Å². The van der Waals surface area contributed by atoms with Crippen molar-refractivity contribution in [2.45, 2.75) is 43.7 Å². The summed E-state index contributed by atoms with van der Waals surface area (Å²) in [5.74, 6) is -0.0743. The number of halogens is 3. The number of aromatic nitrogens is 2. The molecule has 2 heterocycles. The van der Waals surface area contributed by atoms with Gasteiger partial charge in [-0.15, -0.1) is 0 Å². The van der Waals surface area contributed by atoms with Gasteiger partial charge in [0.1, 0.15) is 0 Å². The molecule has 170 valence electrons. The lowest BCUT2D eigenvalue weighted by molar-refractivity contribution is -0.137. The fraction of sp³-hybridized carbons (Fsp3) is 0.364. The van der Waals surface area contributed by atoms with E-state index in [9.17, 15) is 21.6 Å². The van der Waals surface area contributed by atoms with Crippen LogP contribution in [0, 0.1) is 13.8 Å². The first kappa shape index (κ1) is 22.5.